The van der Waals surface area contributed by atoms with Gasteiger partial charge >= 0.3 is 0 Å². The molecule has 0 aliphatic carbocycles. The van der Waals surface area contributed by atoms with E-state index in [4.69, 9.17) is 4.74 Å². The number of methoxy groups -OCH3 is 1. The van der Waals surface area contributed by atoms with Gasteiger partial charge in [-0.3, -0.25) is 20.2 Å². The molecule has 0 radical (unpaired) electrons. The minimum atomic E-state index is -0.671. The summed E-state index contributed by atoms with van der Waals surface area (Å²) < 4.78 is 4.90. The van der Waals surface area contributed by atoms with Crippen molar-refractivity contribution in [1.82, 2.24) is 0 Å². The molecule has 0 heterocycles. The average Bonchev–Trinajstić information content (AvgIpc) is 2.29. The standard InChI is InChI=1S/C10H13N3O5/c1-7(6-18-2)11-9-4-3-8(12(14)15)5-10(9)13(16)17/h3-5,7,11H,6H2,1-2H3/t7-/m0/s1. The Morgan fingerprint density at radius 3 is 2.50 bits per heavy atom. The van der Waals surface area contributed by atoms with Gasteiger partial charge in [-0.05, 0) is 13.0 Å². The Hall–Kier alpha value is -2.22. The third-order valence-electron chi connectivity index (χ3n) is 2.21. The summed E-state index contributed by atoms with van der Waals surface area (Å²) in [6, 6.07) is 3.33. The summed E-state index contributed by atoms with van der Waals surface area (Å²) in [5.74, 6) is 0. The van der Waals surface area contributed by atoms with Gasteiger partial charge in [0.15, 0.2) is 0 Å². The maximum Gasteiger partial charge on any atom is 0.299 e. The second-order valence-corrected chi connectivity index (χ2v) is 3.72. The number of non-ortho nitro benzene ring substituents is 1. The van der Waals surface area contributed by atoms with Crippen molar-refractivity contribution in [3.63, 3.8) is 0 Å². The van der Waals surface area contributed by atoms with E-state index >= 15 is 0 Å². The van der Waals surface area contributed by atoms with Gasteiger partial charge in [-0.25, -0.2) is 0 Å². The van der Waals surface area contributed by atoms with Crippen molar-refractivity contribution in [2.75, 3.05) is 19.0 Å². The van der Waals surface area contributed by atoms with Crippen LogP contribution in [0.15, 0.2) is 18.2 Å². The summed E-state index contributed by atoms with van der Waals surface area (Å²) in [6.07, 6.45) is 0. The summed E-state index contributed by atoms with van der Waals surface area (Å²) in [4.78, 5) is 20.1. The summed E-state index contributed by atoms with van der Waals surface area (Å²) >= 11 is 0. The lowest BCUT2D eigenvalue weighted by molar-refractivity contribution is -0.393. The molecule has 1 rings (SSSR count). The maximum atomic E-state index is 10.8. The number of nitrogens with one attached hydrogen (secondary N) is 1. The highest BCUT2D eigenvalue weighted by molar-refractivity contribution is 5.65. The van der Waals surface area contributed by atoms with Crippen molar-refractivity contribution >= 4 is 17.1 Å². The van der Waals surface area contributed by atoms with Crippen LogP contribution in [0.1, 0.15) is 6.92 Å². The van der Waals surface area contributed by atoms with E-state index in [0.29, 0.717) is 6.61 Å². The molecule has 0 unspecified atom stereocenters. The van der Waals surface area contributed by atoms with Crippen LogP contribution in [-0.2, 0) is 4.74 Å². The minimum Gasteiger partial charge on any atom is -0.383 e. The first kappa shape index (κ1) is 13.8. The van der Waals surface area contributed by atoms with Gasteiger partial charge < -0.3 is 10.1 Å². The molecule has 0 amide bonds. The molecule has 8 heteroatoms. The molecule has 0 saturated heterocycles. The number of nitrogens with zero attached hydrogens (tertiary/aromatic N) is 2. The Kier molecular flexibility index (Phi) is 4.55. The molecule has 8 nitrogen and oxygen atoms in total. The molecule has 0 fully saturated rings. The molecule has 98 valence electrons. The lowest BCUT2D eigenvalue weighted by Crippen LogP contribution is -2.21. The van der Waals surface area contributed by atoms with Crippen LogP contribution in [0, 0.1) is 20.2 Å². The zero-order valence-electron chi connectivity index (χ0n) is 9.95. The van der Waals surface area contributed by atoms with Crippen LogP contribution in [0.2, 0.25) is 0 Å². The summed E-state index contributed by atoms with van der Waals surface area (Å²) in [7, 11) is 1.52. The van der Waals surface area contributed by atoms with E-state index in [9.17, 15) is 20.2 Å². The molecule has 0 bridgehead atoms. The highest BCUT2D eigenvalue weighted by Gasteiger charge is 2.20. The Morgan fingerprint density at radius 1 is 1.33 bits per heavy atom. The normalized spacial score (nSPS) is 11.9. The first-order valence-electron chi connectivity index (χ1n) is 5.14. The molecule has 18 heavy (non-hydrogen) atoms. The van der Waals surface area contributed by atoms with Crippen molar-refractivity contribution in [1.29, 1.82) is 0 Å². The second-order valence-electron chi connectivity index (χ2n) is 3.72. The lowest BCUT2D eigenvalue weighted by atomic mass is 10.2. The van der Waals surface area contributed by atoms with Crippen LogP contribution < -0.4 is 5.32 Å². The van der Waals surface area contributed by atoms with Crippen LogP contribution >= 0.6 is 0 Å². The molecule has 1 aromatic rings. The topological polar surface area (TPSA) is 108 Å². The quantitative estimate of drug-likeness (QED) is 0.614. The molecular formula is C10H13N3O5. The van der Waals surface area contributed by atoms with E-state index in [1.165, 1.54) is 19.2 Å². The second kappa shape index (κ2) is 5.92. The Labute approximate surface area is 103 Å². The van der Waals surface area contributed by atoms with Gasteiger partial charge in [-0.15, -0.1) is 0 Å². The molecule has 1 aromatic carbocycles. The predicted molar refractivity (Wildman–Crippen MR) is 64.7 cm³/mol. The highest BCUT2D eigenvalue weighted by atomic mass is 16.6. The molecule has 0 aliphatic heterocycles. The summed E-state index contributed by atoms with van der Waals surface area (Å²) in [5, 5.41) is 24.3. The number of anilines is 1. The third-order valence-corrected chi connectivity index (χ3v) is 2.21. The van der Waals surface area contributed by atoms with Crippen molar-refractivity contribution in [2.45, 2.75) is 13.0 Å². The fraction of sp³-hybridized carbons (Fsp3) is 0.400. The molecule has 0 aromatic heterocycles. The lowest BCUT2D eigenvalue weighted by Gasteiger charge is -2.13. The van der Waals surface area contributed by atoms with E-state index in [1.807, 2.05) is 0 Å². The zero-order valence-corrected chi connectivity index (χ0v) is 9.95. The minimum absolute atomic E-state index is 0.143. The summed E-state index contributed by atoms with van der Waals surface area (Å²) in [6.45, 7) is 2.16. The van der Waals surface area contributed by atoms with Crippen LogP contribution in [-0.4, -0.2) is 29.6 Å². The van der Waals surface area contributed by atoms with Crippen molar-refractivity contribution in [3.05, 3.63) is 38.4 Å². The number of hydrogen-bond acceptors (Lipinski definition) is 6. The highest BCUT2D eigenvalue weighted by Crippen LogP contribution is 2.29. The van der Waals surface area contributed by atoms with E-state index in [0.717, 1.165) is 6.07 Å². The molecule has 1 atom stereocenters. The van der Waals surface area contributed by atoms with Gasteiger partial charge in [-0.2, -0.15) is 0 Å². The Bertz CT molecular complexity index is 463. The number of ether oxygens (including phenoxy) is 1. The summed E-state index contributed by atoms with van der Waals surface area (Å²) in [5.41, 5.74) is -0.408. The number of nitro benzene ring substituents is 2. The average molecular weight is 255 g/mol. The third kappa shape index (κ3) is 3.39. The van der Waals surface area contributed by atoms with E-state index in [1.54, 1.807) is 6.92 Å². The molecular weight excluding hydrogens is 242 g/mol. The van der Waals surface area contributed by atoms with E-state index in [2.05, 4.69) is 5.32 Å². The predicted octanol–water partition coefficient (Wildman–Crippen LogP) is 1.95. The molecule has 1 N–H and O–H groups in total. The first-order valence-corrected chi connectivity index (χ1v) is 5.14. The van der Waals surface area contributed by atoms with Crippen LogP contribution in [0.5, 0.6) is 0 Å². The fourth-order valence-electron chi connectivity index (χ4n) is 1.46. The fourth-order valence-corrected chi connectivity index (χ4v) is 1.46. The largest absolute Gasteiger partial charge is 0.383 e. The zero-order chi connectivity index (χ0) is 13.7. The van der Waals surface area contributed by atoms with Gasteiger partial charge in [0.05, 0.1) is 22.5 Å². The van der Waals surface area contributed by atoms with E-state index < -0.39 is 9.85 Å². The molecule has 0 aliphatic rings. The first-order chi connectivity index (χ1) is 8.45. The van der Waals surface area contributed by atoms with Gasteiger partial charge in [0, 0.05) is 19.2 Å². The van der Waals surface area contributed by atoms with Gasteiger partial charge in [0.25, 0.3) is 11.4 Å². The SMILES string of the molecule is COC[C@H](C)Nc1ccc([N+](=O)[O-])cc1[N+](=O)[O-]. The van der Waals surface area contributed by atoms with Gasteiger partial charge in [0.2, 0.25) is 0 Å². The van der Waals surface area contributed by atoms with E-state index in [-0.39, 0.29) is 23.1 Å². The monoisotopic (exact) mass is 255 g/mol. The number of rotatable bonds is 6. The van der Waals surface area contributed by atoms with Crippen molar-refractivity contribution in [2.24, 2.45) is 0 Å². The van der Waals surface area contributed by atoms with Crippen LogP contribution in [0.3, 0.4) is 0 Å². The number of benzene rings is 1. The number of hydrogen-bond donors (Lipinski definition) is 1. The number of nitro groups is 2. The van der Waals surface area contributed by atoms with Crippen molar-refractivity contribution in [3.8, 4) is 0 Å². The molecule has 0 spiro atoms. The Balaban J connectivity index is 3.04. The Morgan fingerprint density at radius 2 is 2.00 bits per heavy atom. The van der Waals surface area contributed by atoms with Crippen molar-refractivity contribution < 1.29 is 14.6 Å². The smallest absolute Gasteiger partial charge is 0.299 e. The van der Waals surface area contributed by atoms with Gasteiger partial charge in [0.1, 0.15) is 5.69 Å². The molecule has 0 saturated carbocycles. The van der Waals surface area contributed by atoms with Crippen LogP contribution in [0.25, 0.3) is 0 Å². The maximum absolute atomic E-state index is 10.8. The van der Waals surface area contributed by atoms with Crippen LogP contribution in [0.4, 0.5) is 17.1 Å². The van der Waals surface area contributed by atoms with Gasteiger partial charge in [-0.1, -0.05) is 0 Å².